The first kappa shape index (κ1) is 35.8. The lowest BCUT2D eigenvalue weighted by Gasteiger charge is -2.27. The van der Waals surface area contributed by atoms with Crippen LogP contribution in [-0.4, -0.2) is 18.3 Å². The maximum atomic E-state index is 13.0. The van der Waals surface area contributed by atoms with E-state index < -0.39 is 60.4 Å². The minimum absolute atomic E-state index is 0.0128. The van der Waals surface area contributed by atoms with Gasteiger partial charge in [-0.3, -0.25) is 0 Å². The molecule has 378 valence electrons. The Labute approximate surface area is 480 Å². The normalized spacial score (nSPS) is 13.8. The summed E-state index contributed by atoms with van der Waals surface area (Å²) in [6.45, 7) is 10.1. The van der Waals surface area contributed by atoms with Crippen molar-refractivity contribution in [3.8, 4) is 39.9 Å². The second-order valence-corrected chi connectivity index (χ2v) is 20.5. The van der Waals surface area contributed by atoms with Gasteiger partial charge in [0, 0.05) is 64.6 Å². The molecule has 0 amide bonds. The highest BCUT2D eigenvalue weighted by atomic mass is 16.3. The predicted octanol–water partition coefficient (Wildman–Crippen LogP) is 20.0. The number of fused-ring (bicyclic) bond motifs is 20. The fourth-order valence-electron chi connectivity index (χ4n) is 13.2. The Bertz CT molecular complexity index is 6290. The largest absolute Gasteiger partial charge is 0.454 e. The van der Waals surface area contributed by atoms with Crippen molar-refractivity contribution >= 4 is 137 Å². The average molecular weight is 1060 g/mol. The van der Waals surface area contributed by atoms with Crippen LogP contribution in [0.3, 0.4) is 0 Å². The van der Waals surface area contributed by atoms with Gasteiger partial charge in [0.15, 0.2) is 11.2 Å². The Hall–Kier alpha value is -11.6. The maximum Gasteiger partial charge on any atom is 0.237 e. The second-order valence-electron chi connectivity index (χ2n) is 20.5. The van der Waals surface area contributed by atoms with Gasteiger partial charge in [-0.25, -0.2) is 4.85 Å². The molecule has 6 heterocycles. The Morgan fingerprint density at radius 3 is 1.57 bits per heavy atom. The number of hydrogen-bond acceptors (Lipinski definition) is 3. The summed E-state index contributed by atoms with van der Waals surface area (Å²) < 4.78 is 117. The SMILES string of the molecule is [2H]c1c([2H])c([2H])c2c(oc3c2c([2H])c([2H])c2c4c([2H])c([2H])c([2H])c([2H])c4n(-c4c(-n5c6ccccc6c6ccccc65)c(C#N)c(-n5c6ccc(-c7ccccc7)cc6c6ccc7c8ccccc8oc7c65)c([N+]#[C-])c4-n4c5ccccc5c5ccccc54)c32)c1[2H]. The Morgan fingerprint density at radius 1 is 0.366 bits per heavy atom. The molecule has 0 spiro atoms. The van der Waals surface area contributed by atoms with E-state index in [9.17, 15) is 22.8 Å². The second kappa shape index (κ2) is 16.5. The molecular weight excluding hydrogens is 1000 g/mol. The molecule has 82 heavy (non-hydrogen) atoms. The summed E-state index contributed by atoms with van der Waals surface area (Å²) in [7, 11) is 0. The van der Waals surface area contributed by atoms with E-state index in [1.807, 2.05) is 190 Å². The van der Waals surface area contributed by atoms with Gasteiger partial charge in [-0.1, -0.05) is 176 Å². The standard InChI is InChI=1S/C74H40N6O2/c1-76-66-67(79-63-40-35-44(43-19-3-2-4-20-43)41-56(63)53-37-39-55-51-27-11-18-34-65(51)82-74(55)70(53)79)57(42-75)68(77-58-28-12-5-21-45(58)46-22-6-13-29-59(46)77)72(71(66)78-60-30-14-7-23-47(60)48-24-8-15-31-61(48)78)80-62-32-16-9-25-49(62)52-36-38-54-50-26-10-17-33-64(50)81-73(54)69(52)80/h2-41H/i9D,10D,16D,17D,25D,26D,32D,33D,36D,38D. The van der Waals surface area contributed by atoms with Gasteiger partial charge in [-0.15, -0.1) is 0 Å². The third kappa shape index (κ3) is 5.76. The molecule has 0 unspecified atom stereocenters. The zero-order valence-corrected chi connectivity index (χ0v) is 42.8. The van der Waals surface area contributed by atoms with Gasteiger partial charge in [-0.05, 0) is 77.8 Å². The summed E-state index contributed by atoms with van der Waals surface area (Å²) in [6, 6.07) is 55.7. The summed E-state index contributed by atoms with van der Waals surface area (Å²) in [5, 5.41) is 18.5. The Balaban J connectivity index is 1.19. The fourth-order valence-corrected chi connectivity index (χ4v) is 13.2. The number of furan rings is 2. The van der Waals surface area contributed by atoms with Gasteiger partial charge in [-0.2, -0.15) is 5.26 Å². The van der Waals surface area contributed by atoms with Gasteiger partial charge in [0.25, 0.3) is 0 Å². The number of aromatic nitrogens is 4. The molecule has 0 fully saturated rings. The average Bonchev–Trinajstić information content (AvgIpc) is 1.48. The van der Waals surface area contributed by atoms with Crippen LogP contribution in [0.2, 0.25) is 0 Å². The summed E-state index contributed by atoms with van der Waals surface area (Å²) in [6.07, 6.45) is 0. The van der Waals surface area contributed by atoms with E-state index >= 15 is 0 Å². The zero-order valence-electron chi connectivity index (χ0n) is 52.8. The third-order valence-corrected chi connectivity index (χ3v) is 16.5. The van der Waals surface area contributed by atoms with E-state index in [4.69, 9.17) is 16.4 Å². The van der Waals surface area contributed by atoms with Crippen molar-refractivity contribution < 1.29 is 22.5 Å². The van der Waals surface area contributed by atoms with Crippen molar-refractivity contribution in [1.29, 1.82) is 5.26 Å². The summed E-state index contributed by atoms with van der Waals surface area (Å²) >= 11 is 0. The van der Waals surface area contributed by atoms with Crippen molar-refractivity contribution in [3.05, 3.63) is 259 Å². The maximum absolute atomic E-state index is 13.0. The van der Waals surface area contributed by atoms with Crippen LogP contribution in [0.4, 0.5) is 5.69 Å². The molecule has 0 radical (unpaired) electrons. The quantitative estimate of drug-likeness (QED) is 0.161. The Morgan fingerprint density at radius 2 is 0.890 bits per heavy atom. The minimum Gasteiger partial charge on any atom is -0.454 e. The van der Waals surface area contributed by atoms with Crippen LogP contribution >= 0.6 is 0 Å². The molecule has 0 bridgehead atoms. The molecule has 18 aromatic rings. The molecule has 12 aromatic carbocycles. The molecule has 0 aliphatic carbocycles. The van der Waals surface area contributed by atoms with E-state index in [0.717, 1.165) is 54.2 Å². The summed E-state index contributed by atoms with van der Waals surface area (Å²) in [4.78, 5) is 4.70. The van der Waals surface area contributed by atoms with E-state index in [1.165, 1.54) is 4.57 Å². The molecule has 18 rings (SSSR count). The summed E-state index contributed by atoms with van der Waals surface area (Å²) in [5.74, 6) is 0. The minimum atomic E-state index is -0.654. The van der Waals surface area contributed by atoms with Crippen molar-refractivity contribution in [2.45, 2.75) is 0 Å². The highest BCUT2D eigenvalue weighted by molar-refractivity contribution is 6.25. The van der Waals surface area contributed by atoms with Crippen LogP contribution in [0.25, 0.3) is 170 Å². The Kier molecular flexibility index (Phi) is 7.19. The topological polar surface area (TPSA) is 74.2 Å². The lowest BCUT2D eigenvalue weighted by atomic mass is 10.0. The zero-order chi connectivity index (χ0) is 62.6. The lowest BCUT2D eigenvalue weighted by molar-refractivity contribution is 0.670. The fraction of sp³-hybridized carbons (Fsp3) is 0. The number of benzene rings is 12. The van der Waals surface area contributed by atoms with Gasteiger partial charge in [0.1, 0.15) is 17.2 Å². The molecule has 6 aromatic heterocycles. The van der Waals surface area contributed by atoms with Crippen molar-refractivity contribution in [1.82, 2.24) is 18.3 Å². The number of hydrogen-bond donors (Lipinski definition) is 0. The number of para-hydroxylation sites is 7. The van der Waals surface area contributed by atoms with Gasteiger partial charge in [0.2, 0.25) is 5.69 Å². The van der Waals surface area contributed by atoms with Crippen molar-refractivity contribution in [2.24, 2.45) is 0 Å². The van der Waals surface area contributed by atoms with E-state index in [0.29, 0.717) is 44.3 Å². The van der Waals surface area contributed by atoms with Gasteiger partial charge in [0.05, 0.1) is 92.7 Å². The van der Waals surface area contributed by atoms with Gasteiger partial charge < -0.3 is 27.1 Å². The smallest absolute Gasteiger partial charge is 0.237 e. The molecule has 0 saturated carbocycles. The molecule has 0 aliphatic rings. The van der Waals surface area contributed by atoms with E-state index in [2.05, 4.69) is 12.1 Å². The highest BCUT2D eigenvalue weighted by Crippen LogP contribution is 2.54. The monoisotopic (exact) mass is 1050 g/mol. The molecule has 8 nitrogen and oxygen atoms in total. The number of nitrogens with zero attached hydrogens (tertiary/aromatic N) is 6. The van der Waals surface area contributed by atoms with Crippen LogP contribution in [0.15, 0.2) is 251 Å². The van der Waals surface area contributed by atoms with Crippen LogP contribution in [0.5, 0.6) is 0 Å². The number of rotatable bonds is 5. The third-order valence-electron chi connectivity index (χ3n) is 16.5. The predicted molar refractivity (Wildman–Crippen MR) is 335 cm³/mol. The molecular formula is C74H40N6O2. The molecule has 0 saturated heterocycles. The first-order valence-corrected chi connectivity index (χ1v) is 26.6. The lowest BCUT2D eigenvalue weighted by Crippen LogP contribution is -2.14. The van der Waals surface area contributed by atoms with E-state index in [1.54, 1.807) is 0 Å². The van der Waals surface area contributed by atoms with Crippen molar-refractivity contribution in [2.75, 3.05) is 0 Å². The van der Waals surface area contributed by atoms with Crippen LogP contribution in [0, 0.1) is 17.9 Å². The highest BCUT2D eigenvalue weighted by Gasteiger charge is 2.36. The molecule has 0 N–H and O–H groups in total. The number of nitriles is 1. The molecule has 0 atom stereocenters. The first-order chi connectivity index (χ1) is 44.8. The van der Waals surface area contributed by atoms with Crippen LogP contribution in [-0.2, 0) is 0 Å². The first-order valence-electron chi connectivity index (χ1n) is 31.6. The summed E-state index contributed by atoms with van der Waals surface area (Å²) in [5.41, 5.74) is 5.86. The van der Waals surface area contributed by atoms with Crippen LogP contribution < -0.4 is 0 Å². The van der Waals surface area contributed by atoms with Crippen molar-refractivity contribution in [3.63, 3.8) is 0 Å². The molecule has 8 heteroatoms. The van der Waals surface area contributed by atoms with Crippen LogP contribution in [0.1, 0.15) is 19.3 Å². The van der Waals surface area contributed by atoms with E-state index in [-0.39, 0.29) is 77.7 Å². The van der Waals surface area contributed by atoms with Gasteiger partial charge >= 0.3 is 0 Å². The molecule has 0 aliphatic heterocycles.